The van der Waals surface area contributed by atoms with E-state index in [2.05, 4.69) is 10.4 Å². The number of amides is 1. The molecule has 3 aromatic rings. The minimum absolute atomic E-state index is 0.0143. The van der Waals surface area contributed by atoms with Crippen molar-refractivity contribution in [2.24, 2.45) is 0 Å². The van der Waals surface area contributed by atoms with E-state index in [1.165, 1.54) is 0 Å². The van der Waals surface area contributed by atoms with E-state index in [0.29, 0.717) is 19.5 Å². The van der Waals surface area contributed by atoms with Crippen molar-refractivity contribution < 1.29 is 9.53 Å². The Bertz CT molecular complexity index is 793. The minimum atomic E-state index is 0.0143. The highest BCUT2D eigenvalue weighted by molar-refractivity contribution is 5.79. The van der Waals surface area contributed by atoms with Crippen molar-refractivity contribution in [1.29, 1.82) is 0 Å². The maximum absolute atomic E-state index is 12.0. The second-order valence-electron chi connectivity index (χ2n) is 5.30. The second kappa shape index (κ2) is 6.96. The first-order valence-electron chi connectivity index (χ1n) is 7.56. The molecule has 23 heavy (non-hydrogen) atoms. The molecule has 0 aliphatic heterocycles. The molecule has 1 aromatic heterocycles. The van der Waals surface area contributed by atoms with E-state index in [0.717, 1.165) is 22.2 Å². The number of ether oxygens (including phenoxy) is 1. The van der Waals surface area contributed by atoms with Crippen LogP contribution in [-0.2, 0) is 17.9 Å². The third kappa shape index (κ3) is 3.69. The van der Waals surface area contributed by atoms with E-state index >= 15 is 0 Å². The normalized spacial score (nSPS) is 10.7. The number of carbonyl (C=O) groups excluding carboxylic acids is 1. The summed E-state index contributed by atoms with van der Waals surface area (Å²) < 4.78 is 6.98. The van der Waals surface area contributed by atoms with Crippen molar-refractivity contribution in [3.8, 4) is 5.75 Å². The Labute approximate surface area is 134 Å². The van der Waals surface area contributed by atoms with Crippen LogP contribution in [0.2, 0.25) is 0 Å². The quantitative estimate of drug-likeness (QED) is 0.762. The van der Waals surface area contributed by atoms with Crippen molar-refractivity contribution in [3.05, 3.63) is 60.3 Å². The summed E-state index contributed by atoms with van der Waals surface area (Å²) in [4.78, 5) is 12.0. The molecule has 2 aromatic carbocycles. The molecule has 118 valence electrons. The number of hydrogen-bond acceptors (Lipinski definition) is 3. The van der Waals surface area contributed by atoms with E-state index in [9.17, 15) is 4.79 Å². The summed E-state index contributed by atoms with van der Waals surface area (Å²) in [5.41, 5.74) is 2.10. The molecule has 0 aliphatic rings. The Morgan fingerprint density at radius 2 is 1.96 bits per heavy atom. The van der Waals surface area contributed by atoms with Gasteiger partial charge in [0.2, 0.25) is 5.91 Å². The molecule has 0 fully saturated rings. The van der Waals surface area contributed by atoms with Crippen LogP contribution in [0.3, 0.4) is 0 Å². The summed E-state index contributed by atoms with van der Waals surface area (Å²) in [5.74, 6) is 0.825. The van der Waals surface area contributed by atoms with Gasteiger partial charge in [0.15, 0.2) is 0 Å². The van der Waals surface area contributed by atoms with E-state index in [1.807, 2.05) is 59.4 Å². The Kier molecular flexibility index (Phi) is 4.57. The summed E-state index contributed by atoms with van der Waals surface area (Å²) >= 11 is 0. The number of rotatable bonds is 6. The fourth-order valence-corrected chi connectivity index (χ4v) is 2.44. The maximum atomic E-state index is 12.0. The Morgan fingerprint density at radius 1 is 1.17 bits per heavy atom. The monoisotopic (exact) mass is 309 g/mol. The average molecular weight is 309 g/mol. The van der Waals surface area contributed by atoms with Gasteiger partial charge in [0, 0.05) is 18.4 Å². The predicted molar refractivity (Wildman–Crippen MR) is 89.2 cm³/mol. The van der Waals surface area contributed by atoms with Crippen molar-refractivity contribution in [2.45, 2.75) is 19.5 Å². The molecule has 1 heterocycles. The van der Waals surface area contributed by atoms with Crippen LogP contribution in [0.4, 0.5) is 0 Å². The summed E-state index contributed by atoms with van der Waals surface area (Å²) in [6.07, 6.45) is 2.23. The first-order valence-corrected chi connectivity index (χ1v) is 7.56. The molecule has 5 nitrogen and oxygen atoms in total. The lowest BCUT2D eigenvalue weighted by atomic mass is 10.2. The zero-order valence-corrected chi connectivity index (χ0v) is 13.0. The number of aryl methyl sites for hydroxylation is 1. The summed E-state index contributed by atoms with van der Waals surface area (Å²) in [6, 6.07) is 15.6. The van der Waals surface area contributed by atoms with Gasteiger partial charge >= 0.3 is 0 Å². The van der Waals surface area contributed by atoms with Crippen molar-refractivity contribution in [3.63, 3.8) is 0 Å². The van der Waals surface area contributed by atoms with Crippen LogP contribution in [0.25, 0.3) is 10.9 Å². The van der Waals surface area contributed by atoms with Gasteiger partial charge in [-0.3, -0.25) is 9.48 Å². The fraction of sp³-hybridized carbons (Fsp3) is 0.222. The van der Waals surface area contributed by atoms with Gasteiger partial charge < -0.3 is 10.1 Å². The fourth-order valence-electron chi connectivity index (χ4n) is 2.44. The molecule has 0 atom stereocenters. The van der Waals surface area contributed by atoms with Crippen LogP contribution >= 0.6 is 0 Å². The minimum Gasteiger partial charge on any atom is -0.497 e. The zero-order valence-electron chi connectivity index (χ0n) is 13.0. The van der Waals surface area contributed by atoms with Crippen molar-refractivity contribution in [2.75, 3.05) is 7.11 Å². The van der Waals surface area contributed by atoms with E-state index in [4.69, 9.17) is 4.74 Å². The molecule has 0 unspecified atom stereocenters. The smallest absolute Gasteiger partial charge is 0.222 e. The van der Waals surface area contributed by atoms with Gasteiger partial charge in [-0.25, -0.2) is 0 Å². The number of nitrogens with zero attached hydrogens (tertiary/aromatic N) is 2. The van der Waals surface area contributed by atoms with Crippen LogP contribution in [0.5, 0.6) is 5.75 Å². The van der Waals surface area contributed by atoms with E-state index in [1.54, 1.807) is 7.11 Å². The Hall–Kier alpha value is -2.82. The molecular weight excluding hydrogens is 290 g/mol. The summed E-state index contributed by atoms with van der Waals surface area (Å²) in [6.45, 7) is 1.09. The molecule has 0 saturated carbocycles. The summed E-state index contributed by atoms with van der Waals surface area (Å²) in [5, 5.41) is 8.34. The van der Waals surface area contributed by atoms with Crippen molar-refractivity contribution in [1.82, 2.24) is 15.1 Å². The maximum Gasteiger partial charge on any atom is 0.222 e. The lowest BCUT2D eigenvalue weighted by Crippen LogP contribution is -2.24. The number of carbonyl (C=O) groups is 1. The molecule has 0 bridgehead atoms. The standard InChI is InChI=1S/C18H19N3O2/c1-23-16-8-6-14(7-9-16)12-19-18(22)10-11-21-17-5-3-2-4-15(17)13-20-21/h2-9,13H,10-12H2,1H3,(H,19,22). The molecule has 0 spiro atoms. The van der Waals surface area contributed by atoms with Crippen LogP contribution in [0.15, 0.2) is 54.7 Å². The second-order valence-corrected chi connectivity index (χ2v) is 5.30. The molecule has 0 saturated heterocycles. The lowest BCUT2D eigenvalue weighted by Gasteiger charge is -2.07. The number of hydrogen-bond donors (Lipinski definition) is 1. The molecule has 5 heteroatoms. The van der Waals surface area contributed by atoms with Gasteiger partial charge in [-0.15, -0.1) is 0 Å². The number of fused-ring (bicyclic) bond motifs is 1. The average Bonchev–Trinajstić information content (AvgIpc) is 3.02. The number of nitrogens with one attached hydrogen (secondary N) is 1. The number of methoxy groups -OCH3 is 1. The topological polar surface area (TPSA) is 56.1 Å². The molecule has 0 aliphatic carbocycles. The van der Waals surface area contributed by atoms with Gasteiger partial charge in [-0.1, -0.05) is 30.3 Å². The highest BCUT2D eigenvalue weighted by Gasteiger charge is 2.05. The first-order chi connectivity index (χ1) is 11.3. The van der Waals surface area contributed by atoms with Gasteiger partial charge in [-0.2, -0.15) is 5.10 Å². The number of benzene rings is 2. The van der Waals surface area contributed by atoms with Crippen LogP contribution in [0, 0.1) is 0 Å². The Balaban J connectivity index is 1.51. The first kappa shape index (κ1) is 15.1. The largest absolute Gasteiger partial charge is 0.497 e. The van der Waals surface area contributed by atoms with Gasteiger partial charge in [0.1, 0.15) is 5.75 Å². The van der Waals surface area contributed by atoms with Crippen LogP contribution < -0.4 is 10.1 Å². The zero-order chi connectivity index (χ0) is 16.1. The van der Waals surface area contributed by atoms with Gasteiger partial charge in [-0.05, 0) is 23.8 Å². The molecule has 1 N–H and O–H groups in total. The van der Waals surface area contributed by atoms with E-state index < -0.39 is 0 Å². The molecule has 1 amide bonds. The lowest BCUT2D eigenvalue weighted by molar-refractivity contribution is -0.121. The van der Waals surface area contributed by atoms with E-state index in [-0.39, 0.29) is 5.91 Å². The van der Waals surface area contributed by atoms with Crippen LogP contribution in [0.1, 0.15) is 12.0 Å². The van der Waals surface area contributed by atoms with Gasteiger partial charge in [0.25, 0.3) is 0 Å². The Morgan fingerprint density at radius 3 is 2.74 bits per heavy atom. The molecular formula is C18H19N3O2. The summed E-state index contributed by atoms with van der Waals surface area (Å²) in [7, 11) is 1.63. The van der Waals surface area contributed by atoms with Crippen LogP contribution in [-0.4, -0.2) is 22.8 Å². The SMILES string of the molecule is COc1ccc(CNC(=O)CCn2ncc3ccccc32)cc1. The number of para-hydroxylation sites is 1. The third-order valence-electron chi connectivity index (χ3n) is 3.75. The predicted octanol–water partition coefficient (Wildman–Crippen LogP) is 2.75. The number of aromatic nitrogens is 2. The van der Waals surface area contributed by atoms with Gasteiger partial charge in [0.05, 0.1) is 25.4 Å². The highest BCUT2D eigenvalue weighted by Crippen LogP contribution is 2.13. The molecule has 3 rings (SSSR count). The van der Waals surface area contributed by atoms with Crippen molar-refractivity contribution >= 4 is 16.8 Å². The third-order valence-corrected chi connectivity index (χ3v) is 3.75. The highest BCUT2D eigenvalue weighted by atomic mass is 16.5. The molecule has 0 radical (unpaired) electrons.